The zero-order chi connectivity index (χ0) is 14.1. The summed E-state index contributed by atoms with van der Waals surface area (Å²) in [5, 5.41) is 5.14. The van der Waals surface area contributed by atoms with E-state index in [1.807, 2.05) is 13.8 Å². The summed E-state index contributed by atoms with van der Waals surface area (Å²) >= 11 is 0. The molecular formula is C13H24N2O4. The van der Waals surface area contributed by atoms with E-state index in [-0.39, 0.29) is 12.2 Å². The number of amides is 2. The SMILES string of the molecule is CC(C)OCCCNC(=O)C(=O)NC[C@@H]1CCCO1. The largest absolute Gasteiger partial charge is 0.379 e. The second-order valence-electron chi connectivity index (χ2n) is 4.87. The van der Waals surface area contributed by atoms with E-state index in [1.54, 1.807) is 0 Å². The van der Waals surface area contributed by atoms with Crippen LogP contribution in [0.3, 0.4) is 0 Å². The number of hydrogen-bond acceptors (Lipinski definition) is 4. The van der Waals surface area contributed by atoms with Crippen LogP contribution < -0.4 is 10.6 Å². The first-order valence-electron chi connectivity index (χ1n) is 6.89. The lowest BCUT2D eigenvalue weighted by molar-refractivity contribution is -0.139. The van der Waals surface area contributed by atoms with E-state index < -0.39 is 11.8 Å². The maximum Gasteiger partial charge on any atom is 0.309 e. The van der Waals surface area contributed by atoms with Crippen LogP contribution in [0.15, 0.2) is 0 Å². The molecule has 1 heterocycles. The molecule has 0 spiro atoms. The topological polar surface area (TPSA) is 76.7 Å². The Morgan fingerprint density at radius 1 is 1.32 bits per heavy atom. The normalized spacial score (nSPS) is 18.6. The molecule has 1 aliphatic rings. The van der Waals surface area contributed by atoms with Crippen molar-refractivity contribution in [3.63, 3.8) is 0 Å². The second-order valence-corrected chi connectivity index (χ2v) is 4.87. The predicted octanol–water partition coefficient (Wildman–Crippen LogP) is 0.213. The van der Waals surface area contributed by atoms with Crippen LogP contribution in [0.5, 0.6) is 0 Å². The number of hydrogen-bond donors (Lipinski definition) is 2. The molecule has 0 aromatic heterocycles. The lowest BCUT2D eigenvalue weighted by Gasteiger charge is -2.11. The molecule has 2 N–H and O–H groups in total. The van der Waals surface area contributed by atoms with Gasteiger partial charge in [-0.05, 0) is 33.1 Å². The molecule has 0 aromatic carbocycles. The Morgan fingerprint density at radius 2 is 2.05 bits per heavy atom. The summed E-state index contributed by atoms with van der Waals surface area (Å²) in [7, 11) is 0. The highest BCUT2D eigenvalue weighted by Gasteiger charge is 2.18. The molecule has 2 amide bonds. The third-order valence-corrected chi connectivity index (χ3v) is 2.78. The number of carbonyl (C=O) groups excluding carboxylic acids is 2. The Labute approximate surface area is 114 Å². The highest BCUT2D eigenvalue weighted by molar-refractivity contribution is 6.35. The van der Waals surface area contributed by atoms with Crippen molar-refractivity contribution in [1.29, 1.82) is 0 Å². The first-order valence-corrected chi connectivity index (χ1v) is 6.89. The predicted molar refractivity (Wildman–Crippen MR) is 70.7 cm³/mol. The quantitative estimate of drug-likeness (QED) is 0.513. The molecule has 19 heavy (non-hydrogen) atoms. The Balaban J connectivity index is 2.02. The van der Waals surface area contributed by atoms with Crippen molar-refractivity contribution in [2.24, 2.45) is 0 Å². The zero-order valence-electron chi connectivity index (χ0n) is 11.7. The van der Waals surface area contributed by atoms with Crippen molar-refractivity contribution in [3.8, 4) is 0 Å². The molecule has 0 unspecified atom stereocenters. The average Bonchev–Trinajstić information content (AvgIpc) is 2.88. The van der Waals surface area contributed by atoms with Gasteiger partial charge in [-0.15, -0.1) is 0 Å². The van der Waals surface area contributed by atoms with Crippen LogP contribution in [0.4, 0.5) is 0 Å². The Hall–Kier alpha value is -1.14. The van der Waals surface area contributed by atoms with E-state index >= 15 is 0 Å². The monoisotopic (exact) mass is 272 g/mol. The van der Waals surface area contributed by atoms with Gasteiger partial charge in [0.25, 0.3) is 0 Å². The van der Waals surface area contributed by atoms with Crippen LogP contribution >= 0.6 is 0 Å². The highest BCUT2D eigenvalue weighted by Crippen LogP contribution is 2.10. The summed E-state index contributed by atoms with van der Waals surface area (Å²) in [6.45, 7) is 6.08. The molecule has 6 nitrogen and oxygen atoms in total. The first-order chi connectivity index (χ1) is 9.09. The standard InChI is InChI=1S/C13H24N2O4/c1-10(2)18-8-4-6-14-12(16)13(17)15-9-11-5-3-7-19-11/h10-11H,3-9H2,1-2H3,(H,14,16)(H,15,17)/t11-/m0/s1. The Morgan fingerprint density at radius 3 is 2.68 bits per heavy atom. The van der Waals surface area contributed by atoms with Crippen molar-refractivity contribution >= 4 is 11.8 Å². The van der Waals surface area contributed by atoms with Crippen molar-refractivity contribution in [2.45, 2.75) is 45.3 Å². The average molecular weight is 272 g/mol. The van der Waals surface area contributed by atoms with Gasteiger partial charge in [0.05, 0.1) is 12.2 Å². The molecule has 110 valence electrons. The third-order valence-electron chi connectivity index (χ3n) is 2.78. The first kappa shape index (κ1) is 15.9. The van der Waals surface area contributed by atoms with E-state index in [1.165, 1.54) is 0 Å². The van der Waals surface area contributed by atoms with Crippen LogP contribution in [0, 0.1) is 0 Å². The van der Waals surface area contributed by atoms with Crippen LogP contribution in [0.1, 0.15) is 33.1 Å². The second kappa shape index (κ2) is 8.87. The lowest BCUT2D eigenvalue weighted by Crippen LogP contribution is -2.43. The van der Waals surface area contributed by atoms with Crippen molar-refractivity contribution in [2.75, 3.05) is 26.3 Å². The van der Waals surface area contributed by atoms with E-state index in [4.69, 9.17) is 9.47 Å². The van der Waals surface area contributed by atoms with Gasteiger partial charge in [-0.1, -0.05) is 0 Å². The van der Waals surface area contributed by atoms with Crippen LogP contribution in [0.2, 0.25) is 0 Å². The maximum atomic E-state index is 11.5. The molecule has 0 radical (unpaired) electrons. The number of carbonyl (C=O) groups is 2. The number of rotatable bonds is 7. The fourth-order valence-electron chi connectivity index (χ4n) is 1.77. The van der Waals surface area contributed by atoms with Gasteiger partial charge in [0.2, 0.25) is 0 Å². The van der Waals surface area contributed by atoms with Gasteiger partial charge < -0.3 is 20.1 Å². The van der Waals surface area contributed by atoms with Gasteiger partial charge in [-0.25, -0.2) is 0 Å². The van der Waals surface area contributed by atoms with Gasteiger partial charge in [0.15, 0.2) is 0 Å². The van der Waals surface area contributed by atoms with Crippen molar-refractivity contribution < 1.29 is 19.1 Å². The molecule has 6 heteroatoms. The highest BCUT2D eigenvalue weighted by atomic mass is 16.5. The molecule has 1 rings (SSSR count). The van der Waals surface area contributed by atoms with Crippen molar-refractivity contribution in [1.82, 2.24) is 10.6 Å². The summed E-state index contributed by atoms with van der Waals surface area (Å²) in [4.78, 5) is 22.9. The molecule has 1 fully saturated rings. The van der Waals surface area contributed by atoms with E-state index in [0.29, 0.717) is 26.1 Å². The van der Waals surface area contributed by atoms with Gasteiger partial charge in [0, 0.05) is 26.3 Å². The molecule has 1 saturated heterocycles. The summed E-state index contributed by atoms with van der Waals surface area (Å²) in [6, 6.07) is 0. The molecule has 0 aliphatic carbocycles. The minimum Gasteiger partial charge on any atom is -0.379 e. The molecule has 1 aliphatic heterocycles. The summed E-state index contributed by atoms with van der Waals surface area (Å²) in [5.74, 6) is -1.19. The minimum absolute atomic E-state index is 0.0520. The summed E-state index contributed by atoms with van der Waals surface area (Å²) in [6.07, 6.45) is 2.89. The Bertz CT molecular complexity index is 288. The van der Waals surface area contributed by atoms with Gasteiger partial charge in [-0.2, -0.15) is 0 Å². The van der Waals surface area contributed by atoms with Gasteiger partial charge in [-0.3, -0.25) is 9.59 Å². The van der Waals surface area contributed by atoms with Crippen LogP contribution in [0.25, 0.3) is 0 Å². The van der Waals surface area contributed by atoms with Crippen LogP contribution in [-0.2, 0) is 19.1 Å². The summed E-state index contributed by atoms with van der Waals surface area (Å²) in [5.41, 5.74) is 0. The van der Waals surface area contributed by atoms with E-state index in [2.05, 4.69) is 10.6 Å². The minimum atomic E-state index is -0.597. The number of nitrogens with one attached hydrogen (secondary N) is 2. The lowest BCUT2D eigenvalue weighted by atomic mass is 10.2. The smallest absolute Gasteiger partial charge is 0.309 e. The fourth-order valence-corrected chi connectivity index (χ4v) is 1.77. The summed E-state index contributed by atoms with van der Waals surface area (Å²) < 4.78 is 10.7. The molecule has 0 saturated carbocycles. The molecule has 0 bridgehead atoms. The number of ether oxygens (including phenoxy) is 2. The molecule has 1 atom stereocenters. The van der Waals surface area contributed by atoms with Gasteiger partial charge in [0.1, 0.15) is 0 Å². The molecular weight excluding hydrogens is 248 g/mol. The zero-order valence-corrected chi connectivity index (χ0v) is 11.7. The van der Waals surface area contributed by atoms with Gasteiger partial charge >= 0.3 is 11.8 Å². The van der Waals surface area contributed by atoms with E-state index in [0.717, 1.165) is 19.4 Å². The molecule has 0 aromatic rings. The fraction of sp³-hybridized carbons (Fsp3) is 0.846. The Kier molecular flexibility index (Phi) is 7.43. The van der Waals surface area contributed by atoms with Crippen molar-refractivity contribution in [3.05, 3.63) is 0 Å². The maximum absolute atomic E-state index is 11.5. The third kappa shape index (κ3) is 7.12. The van der Waals surface area contributed by atoms with E-state index in [9.17, 15) is 9.59 Å². The van der Waals surface area contributed by atoms with Crippen LogP contribution in [-0.4, -0.2) is 50.3 Å².